The predicted octanol–water partition coefficient (Wildman–Crippen LogP) is 2.32. The average Bonchev–Trinajstić information content (AvgIpc) is 2.21. The summed E-state index contributed by atoms with van der Waals surface area (Å²) in [5, 5.41) is 6.49. The van der Waals surface area contributed by atoms with Gasteiger partial charge in [0.1, 0.15) is 0 Å². The van der Waals surface area contributed by atoms with E-state index in [0.717, 1.165) is 13.0 Å². The van der Waals surface area contributed by atoms with Crippen molar-refractivity contribution in [3.05, 3.63) is 34.3 Å². The predicted molar refractivity (Wildman–Crippen MR) is 64.5 cm³/mol. The number of rotatable bonds is 5. The van der Waals surface area contributed by atoms with Crippen LogP contribution in [0.15, 0.2) is 28.7 Å². The number of nitrogens with one attached hydrogen (secondary N) is 2. The molecule has 1 aromatic rings. The molecule has 0 aliphatic rings. The first-order chi connectivity index (χ1) is 6.79. The van der Waals surface area contributed by atoms with Crippen LogP contribution < -0.4 is 10.6 Å². The molecule has 1 aromatic carbocycles. The first kappa shape index (κ1) is 11.7. The molecular weight excluding hydrogens is 240 g/mol. The van der Waals surface area contributed by atoms with Gasteiger partial charge in [0.25, 0.3) is 0 Å². The Hall–Kier alpha value is -0.380. The minimum Gasteiger partial charge on any atom is -0.320 e. The van der Waals surface area contributed by atoms with Crippen LogP contribution in [-0.4, -0.2) is 20.6 Å². The Morgan fingerprint density at radius 3 is 2.57 bits per heavy atom. The van der Waals surface area contributed by atoms with E-state index in [2.05, 4.69) is 44.8 Å². The molecule has 0 fully saturated rings. The third-order valence-corrected chi connectivity index (χ3v) is 3.03. The van der Waals surface area contributed by atoms with Crippen molar-refractivity contribution < 1.29 is 0 Å². The third kappa shape index (κ3) is 3.08. The zero-order chi connectivity index (χ0) is 10.4. The molecule has 3 heteroatoms. The second kappa shape index (κ2) is 6.17. The largest absolute Gasteiger partial charge is 0.320 e. The second-order valence-corrected chi connectivity index (χ2v) is 4.11. The molecule has 0 aromatic heterocycles. The smallest absolute Gasteiger partial charge is 0.0340 e. The van der Waals surface area contributed by atoms with E-state index in [9.17, 15) is 0 Å². The molecule has 2 N–H and O–H groups in total. The van der Waals surface area contributed by atoms with Crippen LogP contribution in [0, 0.1) is 0 Å². The van der Waals surface area contributed by atoms with E-state index in [1.165, 1.54) is 10.0 Å². The van der Waals surface area contributed by atoms with Crippen LogP contribution >= 0.6 is 15.9 Å². The van der Waals surface area contributed by atoms with Crippen LogP contribution in [0.3, 0.4) is 0 Å². The maximum Gasteiger partial charge on any atom is 0.0340 e. The zero-order valence-electron chi connectivity index (χ0n) is 8.68. The van der Waals surface area contributed by atoms with E-state index < -0.39 is 0 Å². The number of hydrogen-bond acceptors (Lipinski definition) is 2. The highest BCUT2D eigenvalue weighted by atomic mass is 79.9. The topological polar surface area (TPSA) is 24.1 Å². The Labute approximate surface area is 94.2 Å². The van der Waals surface area contributed by atoms with Crippen molar-refractivity contribution in [1.82, 2.24) is 10.6 Å². The number of hydrogen-bond donors (Lipinski definition) is 2. The van der Waals surface area contributed by atoms with Crippen molar-refractivity contribution in [3.8, 4) is 0 Å². The fourth-order valence-corrected chi connectivity index (χ4v) is 2.06. The summed E-state index contributed by atoms with van der Waals surface area (Å²) in [4.78, 5) is 0. The normalized spacial score (nSPS) is 12.8. The lowest BCUT2D eigenvalue weighted by atomic mass is 10.0. The molecule has 2 nitrogen and oxygen atoms in total. The Morgan fingerprint density at radius 1 is 1.29 bits per heavy atom. The fourth-order valence-electron chi connectivity index (χ4n) is 1.50. The average molecular weight is 257 g/mol. The van der Waals surface area contributed by atoms with Crippen LogP contribution in [0.2, 0.25) is 0 Å². The molecule has 0 aliphatic heterocycles. The summed E-state index contributed by atoms with van der Waals surface area (Å²) in [6, 6.07) is 8.76. The van der Waals surface area contributed by atoms with Crippen molar-refractivity contribution in [2.45, 2.75) is 12.5 Å². The quantitative estimate of drug-likeness (QED) is 0.845. The van der Waals surface area contributed by atoms with Gasteiger partial charge in [-0.3, -0.25) is 0 Å². The maximum absolute atomic E-state index is 3.57. The van der Waals surface area contributed by atoms with E-state index in [1.807, 2.05) is 20.2 Å². The van der Waals surface area contributed by atoms with Gasteiger partial charge in [-0.05, 0) is 38.7 Å². The lowest BCUT2D eigenvalue weighted by Gasteiger charge is -2.17. The van der Waals surface area contributed by atoms with Gasteiger partial charge in [-0.15, -0.1) is 0 Å². The van der Waals surface area contributed by atoms with Gasteiger partial charge in [0, 0.05) is 10.5 Å². The van der Waals surface area contributed by atoms with Crippen molar-refractivity contribution in [3.63, 3.8) is 0 Å². The Morgan fingerprint density at radius 2 is 2.00 bits per heavy atom. The summed E-state index contributed by atoms with van der Waals surface area (Å²) >= 11 is 3.57. The fraction of sp³-hybridized carbons (Fsp3) is 0.455. The first-order valence-corrected chi connectivity index (χ1v) is 5.65. The SMILES string of the molecule is CNCCC(NC)c1ccccc1Br. The van der Waals surface area contributed by atoms with E-state index in [-0.39, 0.29) is 0 Å². The minimum absolute atomic E-state index is 0.415. The zero-order valence-corrected chi connectivity index (χ0v) is 10.3. The van der Waals surface area contributed by atoms with Gasteiger partial charge in [0.2, 0.25) is 0 Å². The molecule has 1 unspecified atom stereocenters. The molecule has 0 saturated carbocycles. The minimum atomic E-state index is 0.415. The molecule has 14 heavy (non-hydrogen) atoms. The van der Waals surface area contributed by atoms with Gasteiger partial charge < -0.3 is 10.6 Å². The highest BCUT2D eigenvalue weighted by molar-refractivity contribution is 9.10. The molecule has 0 bridgehead atoms. The Kier molecular flexibility index (Phi) is 5.15. The molecule has 0 spiro atoms. The van der Waals surface area contributed by atoms with Gasteiger partial charge in [-0.25, -0.2) is 0 Å². The van der Waals surface area contributed by atoms with E-state index in [1.54, 1.807) is 0 Å². The Bertz CT molecular complexity index is 276. The van der Waals surface area contributed by atoms with Gasteiger partial charge in [0.15, 0.2) is 0 Å². The molecular formula is C11H17BrN2. The summed E-state index contributed by atoms with van der Waals surface area (Å²) in [6.07, 6.45) is 1.09. The standard InChI is InChI=1S/C11H17BrN2/c1-13-8-7-11(14-2)9-5-3-4-6-10(9)12/h3-6,11,13-14H,7-8H2,1-2H3. The highest BCUT2D eigenvalue weighted by Gasteiger charge is 2.10. The summed E-state index contributed by atoms with van der Waals surface area (Å²) in [5.41, 5.74) is 1.32. The highest BCUT2D eigenvalue weighted by Crippen LogP contribution is 2.24. The van der Waals surface area contributed by atoms with Gasteiger partial charge >= 0.3 is 0 Å². The second-order valence-electron chi connectivity index (χ2n) is 3.26. The molecule has 1 rings (SSSR count). The third-order valence-electron chi connectivity index (χ3n) is 2.31. The molecule has 0 amide bonds. The monoisotopic (exact) mass is 256 g/mol. The van der Waals surface area contributed by atoms with Crippen molar-refractivity contribution in [2.24, 2.45) is 0 Å². The Balaban J connectivity index is 2.73. The molecule has 1 atom stereocenters. The molecule has 0 radical (unpaired) electrons. The number of halogens is 1. The molecule has 78 valence electrons. The molecule has 0 aliphatic carbocycles. The number of benzene rings is 1. The van der Waals surface area contributed by atoms with Crippen molar-refractivity contribution in [1.29, 1.82) is 0 Å². The lowest BCUT2D eigenvalue weighted by Crippen LogP contribution is -2.21. The van der Waals surface area contributed by atoms with Gasteiger partial charge in [-0.2, -0.15) is 0 Å². The summed E-state index contributed by atoms with van der Waals surface area (Å²) < 4.78 is 1.18. The van der Waals surface area contributed by atoms with Crippen LogP contribution in [-0.2, 0) is 0 Å². The maximum atomic E-state index is 3.57. The van der Waals surface area contributed by atoms with E-state index in [0.29, 0.717) is 6.04 Å². The van der Waals surface area contributed by atoms with Crippen LogP contribution in [0.1, 0.15) is 18.0 Å². The lowest BCUT2D eigenvalue weighted by molar-refractivity contribution is 0.531. The van der Waals surface area contributed by atoms with Crippen LogP contribution in [0.25, 0.3) is 0 Å². The van der Waals surface area contributed by atoms with Crippen molar-refractivity contribution in [2.75, 3.05) is 20.6 Å². The summed E-state index contributed by atoms with van der Waals surface area (Å²) in [7, 11) is 3.98. The van der Waals surface area contributed by atoms with Crippen molar-refractivity contribution >= 4 is 15.9 Å². The summed E-state index contributed by atoms with van der Waals surface area (Å²) in [6.45, 7) is 1.02. The molecule has 0 saturated heterocycles. The van der Waals surface area contributed by atoms with E-state index in [4.69, 9.17) is 0 Å². The van der Waals surface area contributed by atoms with Gasteiger partial charge in [0.05, 0.1) is 0 Å². The summed E-state index contributed by atoms with van der Waals surface area (Å²) in [5.74, 6) is 0. The van der Waals surface area contributed by atoms with Crippen LogP contribution in [0.4, 0.5) is 0 Å². The van der Waals surface area contributed by atoms with Crippen LogP contribution in [0.5, 0.6) is 0 Å². The first-order valence-electron chi connectivity index (χ1n) is 4.86. The van der Waals surface area contributed by atoms with E-state index >= 15 is 0 Å². The van der Waals surface area contributed by atoms with Gasteiger partial charge in [-0.1, -0.05) is 34.1 Å². The molecule has 0 heterocycles.